The number of rotatable bonds is 4. The van der Waals surface area contributed by atoms with Gasteiger partial charge >= 0.3 is 0 Å². The molecule has 0 amide bonds. The highest BCUT2D eigenvalue weighted by Gasteiger charge is 2.27. The molecule has 4 nitrogen and oxygen atoms in total. The van der Waals surface area contributed by atoms with Crippen molar-refractivity contribution in [2.45, 2.75) is 36.9 Å². The number of nitrogens with one attached hydrogen (secondary N) is 1. The Bertz CT molecular complexity index is 399. The van der Waals surface area contributed by atoms with Gasteiger partial charge in [0.15, 0.2) is 0 Å². The van der Waals surface area contributed by atoms with Crippen molar-refractivity contribution in [1.82, 2.24) is 9.97 Å². The maximum atomic E-state index is 5.81. The Balaban J connectivity index is 1.64. The van der Waals surface area contributed by atoms with E-state index in [1.54, 1.807) is 0 Å². The van der Waals surface area contributed by atoms with E-state index in [9.17, 15) is 0 Å². The fourth-order valence-corrected chi connectivity index (χ4v) is 3.32. The quantitative estimate of drug-likeness (QED) is 0.858. The molecular formula is C12H18N4S. The molecule has 1 aliphatic heterocycles. The van der Waals surface area contributed by atoms with Gasteiger partial charge in [-0.25, -0.2) is 9.97 Å². The van der Waals surface area contributed by atoms with E-state index in [1.807, 2.05) is 6.07 Å². The molecule has 0 spiro atoms. The molecule has 3 N–H and O–H groups in total. The standard InChI is InChI=1S/C12H18N4S/c13-10-6-11(14-7-9-2-1-5-17-9)16-12(15-10)8-3-4-8/h6,8-9H,1-5,7H2,(H3,13,14,15,16). The summed E-state index contributed by atoms with van der Waals surface area (Å²) in [6.45, 7) is 0.991. The largest absolute Gasteiger partial charge is 0.384 e. The van der Waals surface area contributed by atoms with Crippen LogP contribution in [0.15, 0.2) is 6.07 Å². The summed E-state index contributed by atoms with van der Waals surface area (Å²) in [7, 11) is 0. The number of aromatic nitrogens is 2. The second kappa shape index (κ2) is 4.72. The lowest BCUT2D eigenvalue weighted by molar-refractivity contribution is 0.801. The van der Waals surface area contributed by atoms with Crippen molar-refractivity contribution in [2.24, 2.45) is 0 Å². The molecule has 0 radical (unpaired) electrons. The average molecular weight is 250 g/mol. The van der Waals surface area contributed by atoms with Crippen LogP contribution < -0.4 is 11.1 Å². The first-order valence-corrected chi connectivity index (χ1v) is 7.36. The first-order chi connectivity index (χ1) is 8.31. The Labute approximate surface area is 106 Å². The summed E-state index contributed by atoms with van der Waals surface area (Å²) in [5.41, 5.74) is 5.81. The van der Waals surface area contributed by atoms with Crippen molar-refractivity contribution < 1.29 is 0 Å². The molecule has 1 aliphatic carbocycles. The third-order valence-corrected chi connectivity index (χ3v) is 4.64. The van der Waals surface area contributed by atoms with E-state index in [0.717, 1.165) is 23.4 Å². The summed E-state index contributed by atoms with van der Waals surface area (Å²) in [5.74, 6) is 4.26. The zero-order valence-corrected chi connectivity index (χ0v) is 10.7. The van der Waals surface area contributed by atoms with Gasteiger partial charge in [-0.2, -0.15) is 11.8 Å². The van der Waals surface area contributed by atoms with E-state index in [0.29, 0.717) is 11.7 Å². The third kappa shape index (κ3) is 2.83. The van der Waals surface area contributed by atoms with Gasteiger partial charge in [0.2, 0.25) is 0 Å². The molecule has 0 aromatic carbocycles. The molecule has 92 valence electrons. The second-order valence-electron chi connectivity index (χ2n) is 4.83. The number of nitrogens with zero attached hydrogens (tertiary/aromatic N) is 2. The van der Waals surface area contributed by atoms with Crippen LogP contribution in [-0.2, 0) is 0 Å². The molecule has 17 heavy (non-hydrogen) atoms. The lowest BCUT2D eigenvalue weighted by Crippen LogP contribution is -2.15. The van der Waals surface area contributed by atoms with Crippen LogP contribution in [0.2, 0.25) is 0 Å². The van der Waals surface area contributed by atoms with Crippen molar-refractivity contribution in [3.05, 3.63) is 11.9 Å². The van der Waals surface area contributed by atoms with Gasteiger partial charge in [0.1, 0.15) is 17.5 Å². The molecule has 3 rings (SSSR count). The number of thioether (sulfide) groups is 1. The van der Waals surface area contributed by atoms with Crippen molar-refractivity contribution in [3.63, 3.8) is 0 Å². The summed E-state index contributed by atoms with van der Waals surface area (Å²) in [6, 6.07) is 1.84. The maximum Gasteiger partial charge on any atom is 0.136 e. The molecule has 2 heterocycles. The van der Waals surface area contributed by atoms with Gasteiger partial charge < -0.3 is 11.1 Å². The van der Waals surface area contributed by atoms with Gasteiger partial charge in [0.25, 0.3) is 0 Å². The molecular weight excluding hydrogens is 232 g/mol. The molecule has 1 saturated heterocycles. The summed E-state index contributed by atoms with van der Waals surface area (Å²) in [4.78, 5) is 8.84. The minimum Gasteiger partial charge on any atom is -0.384 e. The van der Waals surface area contributed by atoms with Gasteiger partial charge in [-0.15, -0.1) is 0 Å². The third-order valence-electron chi connectivity index (χ3n) is 3.24. The molecule has 2 aliphatic rings. The Morgan fingerprint density at radius 3 is 2.94 bits per heavy atom. The van der Waals surface area contributed by atoms with Crippen molar-refractivity contribution >= 4 is 23.4 Å². The van der Waals surface area contributed by atoms with Crippen molar-refractivity contribution in [1.29, 1.82) is 0 Å². The van der Waals surface area contributed by atoms with Crippen molar-refractivity contribution in [2.75, 3.05) is 23.3 Å². The first kappa shape index (κ1) is 11.1. The Morgan fingerprint density at radius 1 is 1.35 bits per heavy atom. The van der Waals surface area contributed by atoms with Crippen molar-refractivity contribution in [3.8, 4) is 0 Å². The molecule has 1 unspecified atom stereocenters. The van der Waals surface area contributed by atoms with Gasteiger partial charge in [-0.1, -0.05) is 0 Å². The van der Waals surface area contributed by atoms with E-state index in [-0.39, 0.29) is 0 Å². The first-order valence-electron chi connectivity index (χ1n) is 6.31. The van der Waals surface area contributed by atoms with Gasteiger partial charge in [0, 0.05) is 23.8 Å². The maximum absolute atomic E-state index is 5.81. The molecule has 1 atom stereocenters. The lowest BCUT2D eigenvalue weighted by atomic mass is 10.2. The van der Waals surface area contributed by atoms with Gasteiger partial charge in [0.05, 0.1) is 0 Å². The molecule has 1 aromatic heterocycles. The van der Waals surface area contributed by atoms with E-state index in [2.05, 4.69) is 27.0 Å². The number of anilines is 2. The van der Waals surface area contributed by atoms with Gasteiger partial charge in [-0.05, 0) is 31.4 Å². The fraction of sp³-hybridized carbons (Fsp3) is 0.667. The van der Waals surface area contributed by atoms with Crippen LogP contribution in [0, 0.1) is 0 Å². The Hall–Kier alpha value is -0.970. The van der Waals surface area contributed by atoms with Crippen LogP contribution in [0.4, 0.5) is 11.6 Å². The van der Waals surface area contributed by atoms with Crippen LogP contribution in [0.1, 0.15) is 37.4 Å². The topological polar surface area (TPSA) is 63.8 Å². The van der Waals surface area contributed by atoms with Gasteiger partial charge in [-0.3, -0.25) is 0 Å². The zero-order chi connectivity index (χ0) is 11.7. The van der Waals surface area contributed by atoms with E-state index < -0.39 is 0 Å². The summed E-state index contributed by atoms with van der Waals surface area (Å²) < 4.78 is 0. The highest BCUT2D eigenvalue weighted by Crippen LogP contribution is 2.38. The monoisotopic (exact) mass is 250 g/mol. The highest BCUT2D eigenvalue weighted by atomic mass is 32.2. The second-order valence-corrected chi connectivity index (χ2v) is 6.23. The zero-order valence-electron chi connectivity index (χ0n) is 9.85. The molecule has 1 aromatic rings. The highest BCUT2D eigenvalue weighted by molar-refractivity contribution is 8.00. The lowest BCUT2D eigenvalue weighted by Gasteiger charge is -2.11. The fourth-order valence-electron chi connectivity index (χ4n) is 2.12. The Morgan fingerprint density at radius 2 is 2.24 bits per heavy atom. The number of hydrogen-bond donors (Lipinski definition) is 2. The predicted octanol–water partition coefficient (Wildman–Crippen LogP) is 2.24. The van der Waals surface area contributed by atoms with Crippen LogP contribution in [0.3, 0.4) is 0 Å². The molecule has 1 saturated carbocycles. The molecule has 0 bridgehead atoms. The molecule has 2 fully saturated rings. The number of nitrogens with two attached hydrogens (primary N) is 1. The normalized spacial score (nSPS) is 23.9. The van der Waals surface area contributed by atoms with E-state index in [1.165, 1.54) is 31.4 Å². The summed E-state index contributed by atoms with van der Waals surface area (Å²) in [6.07, 6.45) is 5.08. The summed E-state index contributed by atoms with van der Waals surface area (Å²) >= 11 is 2.05. The van der Waals surface area contributed by atoms with Crippen LogP contribution in [-0.4, -0.2) is 27.5 Å². The van der Waals surface area contributed by atoms with Crippen LogP contribution in [0.25, 0.3) is 0 Å². The smallest absolute Gasteiger partial charge is 0.136 e. The summed E-state index contributed by atoms with van der Waals surface area (Å²) in [5, 5.41) is 4.13. The molecule has 5 heteroatoms. The minimum absolute atomic E-state index is 0.555. The van der Waals surface area contributed by atoms with E-state index >= 15 is 0 Å². The van der Waals surface area contributed by atoms with Crippen LogP contribution >= 0.6 is 11.8 Å². The van der Waals surface area contributed by atoms with E-state index in [4.69, 9.17) is 5.73 Å². The Kier molecular flexibility index (Phi) is 3.09. The number of nitrogen functional groups attached to an aromatic ring is 1. The SMILES string of the molecule is Nc1cc(NCC2CCCS2)nc(C2CC2)n1. The number of hydrogen-bond acceptors (Lipinski definition) is 5. The minimum atomic E-state index is 0.555. The average Bonchev–Trinajstić information content (AvgIpc) is 3.04. The predicted molar refractivity (Wildman–Crippen MR) is 72.4 cm³/mol. The van der Waals surface area contributed by atoms with Crippen LogP contribution in [0.5, 0.6) is 0 Å².